The zero-order valence-corrected chi connectivity index (χ0v) is 38.5. The summed E-state index contributed by atoms with van der Waals surface area (Å²) in [6.45, 7) is 13.2. The van der Waals surface area contributed by atoms with Gasteiger partial charge in [0, 0.05) is 37.6 Å². The minimum Gasteiger partial charge on any atom is -0.372 e. The van der Waals surface area contributed by atoms with Crippen molar-refractivity contribution < 1.29 is 47.8 Å². The third-order valence-electron chi connectivity index (χ3n) is 7.67. The number of anilines is 6. The van der Waals surface area contributed by atoms with Crippen molar-refractivity contribution in [3.63, 3.8) is 0 Å². The van der Waals surface area contributed by atoms with E-state index in [0.29, 0.717) is 61.3 Å². The highest BCUT2D eigenvalue weighted by Gasteiger charge is 2.22. The van der Waals surface area contributed by atoms with Gasteiger partial charge >= 0.3 is 31.3 Å². The molecule has 0 bridgehead atoms. The van der Waals surface area contributed by atoms with Gasteiger partial charge in [0.05, 0.1) is 22.4 Å². The van der Waals surface area contributed by atoms with Crippen molar-refractivity contribution in [3.05, 3.63) is 52.3 Å². The topological polar surface area (TPSA) is 335 Å². The van der Waals surface area contributed by atoms with Gasteiger partial charge < -0.3 is 20.4 Å². The summed E-state index contributed by atoms with van der Waals surface area (Å²) in [5.74, 6) is 1.07. The summed E-state index contributed by atoms with van der Waals surface area (Å²) in [4.78, 5) is 49.0. The molecular weight excluding hydrogens is 947 g/mol. The smallest absolute Gasteiger partial charge is 0.372 e. The van der Waals surface area contributed by atoms with Crippen LogP contribution < -0.4 is 20.4 Å². The molecule has 0 radical (unpaired) electrons. The molecule has 0 saturated heterocycles. The molecule has 30 heteroatoms. The van der Waals surface area contributed by atoms with Crippen molar-refractivity contribution in [1.82, 2.24) is 24.9 Å². The number of thiazole rings is 2. The van der Waals surface area contributed by atoms with Crippen LogP contribution in [0.1, 0.15) is 54.0 Å². The van der Waals surface area contributed by atoms with Crippen molar-refractivity contribution in [3.8, 4) is 0 Å². The predicted molar refractivity (Wildman–Crippen MR) is 235 cm³/mol. The number of nitrogens with one attached hydrogen (secondary N) is 2. The molecule has 3 N–H and O–H groups in total. The second kappa shape index (κ2) is 25.2. The molecule has 0 atom stereocenters. The average Bonchev–Trinajstić information content (AvgIpc) is 3.88. The molecule has 0 spiro atoms. The number of thioether (sulfide) groups is 1. The van der Waals surface area contributed by atoms with Crippen LogP contribution in [0.25, 0.3) is 0 Å². The molecule has 63 heavy (non-hydrogen) atoms. The van der Waals surface area contributed by atoms with Crippen LogP contribution >= 0.6 is 34.4 Å². The third kappa shape index (κ3) is 16.3. The molecule has 3 aromatic heterocycles. The minimum atomic E-state index is -4.75. The van der Waals surface area contributed by atoms with E-state index in [1.54, 1.807) is 6.07 Å². The maximum Gasteiger partial charge on any atom is 0.425 e. The first-order chi connectivity index (χ1) is 30.0. The molecule has 5 aromatic rings. The third-order valence-corrected chi connectivity index (χ3v) is 11.0. The molecule has 0 aliphatic rings. The summed E-state index contributed by atoms with van der Waals surface area (Å²) in [6.07, 6.45) is 2.43. The van der Waals surface area contributed by atoms with Gasteiger partial charge in [0.2, 0.25) is 27.2 Å². The first-order valence-corrected chi connectivity index (χ1v) is 24.0. The second-order valence-corrected chi connectivity index (χ2v) is 16.9. The standard InChI is InChI=1S/C33H37N13O5S4.2O3S/c1-6-45(7-2)20-11-13-23(41-43-31-34-17-22(18-47)53-31)25(15-20)35-29-38-30(40-32(39-29)52-10-5)36-26-16-21(46(8-3)9-4)12-14-24(26)42-44-33-37-28(55(49,50)51)27(19-48)54-33;2*1-4(2)3/h11-19H,6-10H2,1-5H3,(H,49,50,51)(H2,35,36,38,39,40);;. The minimum absolute atomic E-state index is 0.152. The predicted octanol–water partition coefficient (Wildman–Crippen LogP) is 6.77. The van der Waals surface area contributed by atoms with E-state index in [1.807, 2.05) is 51.1 Å². The van der Waals surface area contributed by atoms with Crippen LogP contribution in [0, 0.1) is 0 Å². The Morgan fingerprint density at radius 2 is 1.17 bits per heavy atom. The summed E-state index contributed by atoms with van der Waals surface area (Å²) in [5.41, 5.74) is 3.62. The molecular formula is C33H37N13O11S6. The first kappa shape index (κ1) is 51.3. The molecule has 0 saturated carbocycles. The number of aldehydes is 2. The summed E-state index contributed by atoms with van der Waals surface area (Å²) >= 11 is 3.19. The Balaban J connectivity index is 0.00000121. The fourth-order valence-electron chi connectivity index (χ4n) is 5.08. The number of hydrogen-bond donors (Lipinski definition) is 3. The lowest BCUT2D eigenvalue weighted by Gasteiger charge is -2.22. The van der Waals surface area contributed by atoms with Crippen molar-refractivity contribution in [2.75, 3.05) is 52.4 Å². The number of carbonyl (C=O) groups is 2. The molecule has 0 fully saturated rings. The van der Waals surface area contributed by atoms with Gasteiger partial charge in [0.15, 0.2) is 17.7 Å². The molecule has 2 aromatic carbocycles. The normalized spacial score (nSPS) is 11.0. The van der Waals surface area contributed by atoms with E-state index in [0.717, 1.165) is 48.9 Å². The number of rotatable bonds is 19. The fraction of sp³-hybridized carbons (Fsp3) is 0.303. The number of carbonyl (C=O) groups excluding carboxylic acids is 2. The Kier molecular flexibility index (Phi) is 20.5. The summed E-state index contributed by atoms with van der Waals surface area (Å²) in [6, 6.07) is 11.1. The Bertz CT molecular complexity index is 2740. The fourth-order valence-corrected chi connectivity index (χ4v) is 7.79. The van der Waals surface area contributed by atoms with Gasteiger partial charge in [0.1, 0.15) is 16.3 Å². The van der Waals surface area contributed by atoms with Crippen molar-refractivity contribution >= 4 is 135 Å². The Labute approximate surface area is 375 Å². The zero-order valence-electron chi connectivity index (χ0n) is 33.6. The Morgan fingerprint density at radius 3 is 1.56 bits per heavy atom. The van der Waals surface area contributed by atoms with E-state index in [4.69, 9.17) is 30.2 Å². The number of nitrogens with zero attached hydrogens (tertiary/aromatic N) is 11. The van der Waals surface area contributed by atoms with E-state index in [1.165, 1.54) is 18.0 Å². The van der Waals surface area contributed by atoms with Gasteiger partial charge in [-0.2, -0.15) is 23.4 Å². The number of hydrogen-bond acceptors (Lipinski definition) is 26. The van der Waals surface area contributed by atoms with Crippen molar-refractivity contribution in [1.29, 1.82) is 0 Å². The number of benzene rings is 2. The van der Waals surface area contributed by atoms with Gasteiger partial charge in [-0.3, -0.25) is 14.1 Å². The molecule has 0 unspecified atom stereocenters. The van der Waals surface area contributed by atoms with E-state index in [2.05, 4.69) is 74.7 Å². The molecule has 5 rings (SSSR count). The lowest BCUT2D eigenvalue weighted by molar-refractivity contribution is 0.111. The Morgan fingerprint density at radius 1 is 0.698 bits per heavy atom. The first-order valence-electron chi connectivity index (χ1n) is 17.9. The van der Waals surface area contributed by atoms with Crippen LogP contribution in [0.2, 0.25) is 0 Å². The van der Waals surface area contributed by atoms with E-state index in [-0.39, 0.29) is 28.2 Å². The van der Waals surface area contributed by atoms with Crippen LogP contribution in [-0.2, 0) is 31.3 Å². The average molecular weight is 984 g/mol. The van der Waals surface area contributed by atoms with Crippen LogP contribution in [0.3, 0.4) is 0 Å². The van der Waals surface area contributed by atoms with Crippen LogP contribution in [0.4, 0.5) is 56.3 Å². The highest BCUT2D eigenvalue weighted by Crippen LogP contribution is 2.37. The lowest BCUT2D eigenvalue weighted by Crippen LogP contribution is -2.21. The monoisotopic (exact) mass is 983 g/mol. The number of azo groups is 2. The van der Waals surface area contributed by atoms with Crippen LogP contribution in [-0.4, -0.2) is 108 Å². The van der Waals surface area contributed by atoms with Gasteiger partial charge in [-0.1, -0.05) is 41.4 Å². The molecule has 0 aliphatic carbocycles. The largest absolute Gasteiger partial charge is 0.425 e. The maximum atomic E-state index is 11.7. The zero-order chi connectivity index (χ0) is 46.7. The quantitative estimate of drug-likeness (QED) is 0.0332. The number of aromatic nitrogens is 5. The van der Waals surface area contributed by atoms with E-state index >= 15 is 0 Å². The van der Waals surface area contributed by atoms with Gasteiger partial charge in [-0.05, 0) is 69.8 Å². The second-order valence-electron chi connectivity index (χ2n) is 11.4. The summed E-state index contributed by atoms with van der Waals surface area (Å²) < 4.78 is 83.6. The van der Waals surface area contributed by atoms with Gasteiger partial charge in [0.25, 0.3) is 0 Å². The molecule has 0 amide bonds. The highest BCUT2D eigenvalue weighted by molar-refractivity contribution is 7.99. The van der Waals surface area contributed by atoms with Crippen molar-refractivity contribution in [2.24, 2.45) is 20.5 Å². The molecule has 336 valence electrons. The Hall–Kier alpha value is -6.05. The van der Waals surface area contributed by atoms with E-state index in [9.17, 15) is 22.6 Å². The molecule has 3 heterocycles. The SMILES string of the molecule is CCSc1nc(Nc2cc(N(CC)CC)ccc2N=Nc2ncc(C=O)s2)nc(Nc2cc(N(CC)CC)ccc2N=Nc2nc(S(=O)(=O)O)c(C=O)s2)n1.O=S(=O)=O.O=S(=O)=O. The van der Waals surface area contributed by atoms with E-state index < -0.39 is 36.4 Å². The van der Waals surface area contributed by atoms with Crippen molar-refractivity contribution in [2.45, 2.75) is 44.8 Å². The van der Waals surface area contributed by atoms with Gasteiger partial charge in [-0.25, -0.2) is 9.97 Å². The maximum absolute atomic E-state index is 11.7. The summed E-state index contributed by atoms with van der Waals surface area (Å²) in [5, 5.41) is 23.4. The van der Waals surface area contributed by atoms with Gasteiger partial charge in [-0.15, -0.1) is 45.7 Å². The highest BCUT2D eigenvalue weighted by atomic mass is 32.2. The summed E-state index contributed by atoms with van der Waals surface area (Å²) in [7, 11) is -11.0. The molecule has 24 nitrogen and oxygen atoms in total. The lowest BCUT2D eigenvalue weighted by atomic mass is 10.2. The van der Waals surface area contributed by atoms with Crippen LogP contribution in [0.15, 0.2) is 73.2 Å². The molecule has 0 aliphatic heterocycles. The van der Waals surface area contributed by atoms with Crippen LogP contribution in [0.5, 0.6) is 0 Å².